The number of halogens is 1. The van der Waals surface area contributed by atoms with Gasteiger partial charge in [-0.3, -0.25) is 4.98 Å². The van der Waals surface area contributed by atoms with Crippen molar-refractivity contribution in [2.75, 3.05) is 0 Å². The van der Waals surface area contributed by atoms with Crippen molar-refractivity contribution < 1.29 is 4.74 Å². The Hall–Kier alpha value is -2.06. The fourth-order valence-electron chi connectivity index (χ4n) is 1.99. The highest BCUT2D eigenvalue weighted by molar-refractivity contribution is 6.17. The normalized spacial score (nSPS) is 10.6. The molecule has 0 atom stereocenters. The molecule has 1 heterocycles. The topological polar surface area (TPSA) is 22.1 Å². The summed E-state index contributed by atoms with van der Waals surface area (Å²) in [5.74, 6) is 1.94. The Morgan fingerprint density at radius 1 is 0.895 bits per heavy atom. The molecule has 2 nitrogen and oxygen atoms in total. The molecule has 0 unspecified atom stereocenters. The minimum absolute atomic E-state index is 0.425. The molecule has 0 bridgehead atoms. The molecule has 2 aromatic carbocycles. The molecular weight excluding hydrogens is 258 g/mol. The first-order chi connectivity index (χ1) is 9.38. The van der Waals surface area contributed by atoms with Crippen LogP contribution in [0.25, 0.3) is 10.9 Å². The summed E-state index contributed by atoms with van der Waals surface area (Å²) in [6, 6.07) is 17.6. The number of pyridine rings is 1. The van der Waals surface area contributed by atoms with E-state index in [1.54, 1.807) is 6.20 Å². The molecule has 0 saturated heterocycles. The van der Waals surface area contributed by atoms with E-state index in [1.165, 1.54) is 0 Å². The third-order valence-electron chi connectivity index (χ3n) is 2.93. The van der Waals surface area contributed by atoms with E-state index >= 15 is 0 Å². The lowest BCUT2D eigenvalue weighted by Crippen LogP contribution is -1.91. The predicted octanol–water partition coefficient (Wildman–Crippen LogP) is 4.77. The maximum absolute atomic E-state index is 5.97. The van der Waals surface area contributed by atoms with Gasteiger partial charge in [0.05, 0.1) is 5.88 Å². The number of hydrogen-bond acceptors (Lipinski definition) is 2. The van der Waals surface area contributed by atoms with Crippen LogP contribution in [0.15, 0.2) is 60.8 Å². The second-order valence-electron chi connectivity index (χ2n) is 4.17. The molecule has 19 heavy (non-hydrogen) atoms. The van der Waals surface area contributed by atoms with Crippen molar-refractivity contribution in [3.8, 4) is 11.5 Å². The van der Waals surface area contributed by atoms with Crippen LogP contribution >= 0.6 is 11.6 Å². The second-order valence-corrected chi connectivity index (χ2v) is 4.44. The number of nitrogens with zero attached hydrogens (tertiary/aromatic N) is 1. The predicted molar refractivity (Wildman–Crippen MR) is 77.8 cm³/mol. The van der Waals surface area contributed by atoms with Crippen LogP contribution in [0.2, 0.25) is 0 Å². The number of aromatic nitrogens is 1. The Balaban J connectivity index is 2.06. The van der Waals surface area contributed by atoms with E-state index < -0.39 is 0 Å². The quantitative estimate of drug-likeness (QED) is 0.639. The van der Waals surface area contributed by atoms with E-state index in [4.69, 9.17) is 16.3 Å². The summed E-state index contributed by atoms with van der Waals surface area (Å²) in [6.45, 7) is 0. The van der Waals surface area contributed by atoms with Gasteiger partial charge in [-0.1, -0.05) is 36.4 Å². The van der Waals surface area contributed by atoms with E-state index in [0.29, 0.717) is 5.88 Å². The Kier molecular flexibility index (Phi) is 3.34. The van der Waals surface area contributed by atoms with E-state index in [0.717, 1.165) is 28.0 Å². The Bertz CT molecular complexity index is 706. The van der Waals surface area contributed by atoms with E-state index in [2.05, 4.69) is 4.98 Å². The maximum Gasteiger partial charge on any atom is 0.153 e. The second kappa shape index (κ2) is 5.29. The van der Waals surface area contributed by atoms with Crippen LogP contribution < -0.4 is 4.74 Å². The number of rotatable bonds is 3. The molecule has 0 aliphatic heterocycles. The number of ether oxygens (including phenoxy) is 1. The minimum Gasteiger partial charge on any atom is -0.455 e. The molecule has 3 aromatic rings. The summed E-state index contributed by atoms with van der Waals surface area (Å²) >= 11 is 5.92. The molecule has 0 radical (unpaired) electrons. The fraction of sp³-hybridized carbons (Fsp3) is 0.0625. The van der Waals surface area contributed by atoms with E-state index in [-0.39, 0.29) is 0 Å². The van der Waals surface area contributed by atoms with Crippen molar-refractivity contribution in [3.63, 3.8) is 0 Å². The highest BCUT2D eigenvalue weighted by atomic mass is 35.5. The van der Waals surface area contributed by atoms with Crippen LogP contribution in [0, 0.1) is 0 Å². The Morgan fingerprint density at radius 2 is 1.68 bits per heavy atom. The molecule has 3 heteroatoms. The lowest BCUT2D eigenvalue weighted by atomic mass is 10.2. The lowest BCUT2D eigenvalue weighted by Gasteiger charge is -2.10. The van der Waals surface area contributed by atoms with Gasteiger partial charge >= 0.3 is 0 Å². The molecule has 3 rings (SSSR count). The Labute approximate surface area is 116 Å². The highest BCUT2D eigenvalue weighted by Gasteiger charge is 2.07. The van der Waals surface area contributed by atoms with E-state index in [1.807, 2.05) is 54.6 Å². The van der Waals surface area contributed by atoms with Gasteiger partial charge in [0, 0.05) is 17.1 Å². The first-order valence-electron chi connectivity index (χ1n) is 6.04. The first kappa shape index (κ1) is 12.0. The van der Waals surface area contributed by atoms with Crippen molar-refractivity contribution in [1.82, 2.24) is 4.98 Å². The fourth-order valence-corrected chi connectivity index (χ4v) is 2.21. The van der Waals surface area contributed by atoms with Gasteiger partial charge in [0.15, 0.2) is 5.75 Å². The lowest BCUT2D eigenvalue weighted by molar-refractivity contribution is 0.483. The minimum atomic E-state index is 0.425. The van der Waals surface area contributed by atoms with Gasteiger partial charge in [-0.2, -0.15) is 0 Å². The molecule has 0 aliphatic carbocycles. The molecule has 0 N–H and O–H groups in total. The van der Waals surface area contributed by atoms with Crippen molar-refractivity contribution in [3.05, 3.63) is 66.4 Å². The van der Waals surface area contributed by atoms with Crippen LogP contribution in [0.5, 0.6) is 11.5 Å². The molecule has 0 saturated carbocycles. The van der Waals surface area contributed by atoms with Gasteiger partial charge in [-0.25, -0.2) is 0 Å². The summed E-state index contributed by atoms with van der Waals surface area (Å²) in [5, 5.41) is 1.06. The Morgan fingerprint density at radius 3 is 2.58 bits per heavy atom. The van der Waals surface area contributed by atoms with Gasteiger partial charge < -0.3 is 4.74 Å². The number of para-hydroxylation sites is 2. The molecular formula is C16H12ClNO. The molecule has 0 fully saturated rings. The smallest absolute Gasteiger partial charge is 0.153 e. The summed E-state index contributed by atoms with van der Waals surface area (Å²) < 4.78 is 5.97. The number of benzene rings is 2. The summed E-state index contributed by atoms with van der Waals surface area (Å²) in [7, 11) is 0. The van der Waals surface area contributed by atoms with Crippen molar-refractivity contribution in [2.24, 2.45) is 0 Å². The number of hydrogen-bond donors (Lipinski definition) is 0. The van der Waals surface area contributed by atoms with Crippen LogP contribution in [0.1, 0.15) is 5.56 Å². The zero-order valence-corrected chi connectivity index (χ0v) is 11.0. The van der Waals surface area contributed by atoms with Crippen molar-refractivity contribution in [2.45, 2.75) is 5.88 Å². The largest absolute Gasteiger partial charge is 0.455 e. The van der Waals surface area contributed by atoms with Gasteiger partial charge in [0.1, 0.15) is 11.3 Å². The zero-order chi connectivity index (χ0) is 13.1. The molecule has 1 aromatic heterocycles. The molecule has 0 amide bonds. The van der Waals surface area contributed by atoms with Gasteiger partial charge in [-0.05, 0) is 18.2 Å². The average Bonchev–Trinajstić information content (AvgIpc) is 2.48. The van der Waals surface area contributed by atoms with E-state index in [9.17, 15) is 0 Å². The zero-order valence-electron chi connectivity index (χ0n) is 10.2. The van der Waals surface area contributed by atoms with Crippen LogP contribution in [0.4, 0.5) is 0 Å². The van der Waals surface area contributed by atoms with Crippen molar-refractivity contribution >= 4 is 22.5 Å². The standard InChI is InChI=1S/C16H12ClNO/c17-11-13-5-1-2-8-14(13)19-15-9-3-6-12-7-4-10-18-16(12)15/h1-10H,11H2. The van der Waals surface area contributed by atoms with Crippen LogP contribution in [-0.4, -0.2) is 4.98 Å². The van der Waals surface area contributed by atoms with Gasteiger partial charge in [0.25, 0.3) is 0 Å². The summed E-state index contributed by atoms with van der Waals surface area (Å²) in [4.78, 5) is 4.37. The number of fused-ring (bicyclic) bond motifs is 1. The first-order valence-corrected chi connectivity index (χ1v) is 6.57. The number of alkyl halides is 1. The van der Waals surface area contributed by atoms with Gasteiger partial charge in [0.2, 0.25) is 0 Å². The highest BCUT2D eigenvalue weighted by Crippen LogP contribution is 2.30. The van der Waals surface area contributed by atoms with Crippen LogP contribution in [0.3, 0.4) is 0 Å². The SMILES string of the molecule is ClCc1ccccc1Oc1cccc2cccnc12. The summed E-state index contributed by atoms with van der Waals surface area (Å²) in [6.07, 6.45) is 1.77. The monoisotopic (exact) mass is 269 g/mol. The third-order valence-corrected chi connectivity index (χ3v) is 3.22. The maximum atomic E-state index is 5.97. The summed E-state index contributed by atoms with van der Waals surface area (Å²) in [5.41, 5.74) is 1.83. The average molecular weight is 270 g/mol. The molecule has 0 spiro atoms. The third kappa shape index (κ3) is 2.40. The van der Waals surface area contributed by atoms with Gasteiger partial charge in [-0.15, -0.1) is 11.6 Å². The molecule has 0 aliphatic rings. The van der Waals surface area contributed by atoms with Crippen LogP contribution in [-0.2, 0) is 5.88 Å². The molecule has 94 valence electrons. The van der Waals surface area contributed by atoms with Crippen molar-refractivity contribution in [1.29, 1.82) is 0 Å².